The number of rotatable bonds is 8. The Morgan fingerprint density at radius 3 is 2.71 bits per heavy atom. The van der Waals surface area contributed by atoms with E-state index >= 15 is 0 Å². The minimum absolute atomic E-state index is 0.00504. The molecular formula is C25H31N5O5. The minimum Gasteiger partial charge on any atom is -0.454 e. The van der Waals surface area contributed by atoms with Gasteiger partial charge in [0.15, 0.2) is 11.5 Å². The highest BCUT2D eigenvalue weighted by atomic mass is 16.7. The van der Waals surface area contributed by atoms with Gasteiger partial charge in [0, 0.05) is 71.2 Å². The van der Waals surface area contributed by atoms with Crippen molar-refractivity contribution < 1.29 is 23.8 Å². The second-order valence-corrected chi connectivity index (χ2v) is 9.07. The zero-order chi connectivity index (χ0) is 24.0. The Kier molecular flexibility index (Phi) is 7.39. The van der Waals surface area contributed by atoms with Crippen molar-refractivity contribution in [3.63, 3.8) is 0 Å². The summed E-state index contributed by atoms with van der Waals surface area (Å²) in [6.45, 7) is 5.55. The number of hydrogen-bond donors (Lipinski definition) is 0. The lowest BCUT2D eigenvalue weighted by Gasteiger charge is -2.35. The fourth-order valence-corrected chi connectivity index (χ4v) is 4.72. The maximum atomic E-state index is 13.0. The number of fused-ring (bicyclic) bond motifs is 1. The quantitative estimate of drug-likeness (QED) is 0.561. The normalized spacial score (nSPS) is 19.7. The van der Waals surface area contributed by atoms with Gasteiger partial charge in [-0.15, -0.1) is 0 Å². The molecule has 1 aromatic heterocycles. The van der Waals surface area contributed by atoms with Gasteiger partial charge >= 0.3 is 0 Å². The summed E-state index contributed by atoms with van der Waals surface area (Å²) in [5, 5.41) is 0. The van der Waals surface area contributed by atoms with E-state index in [0.29, 0.717) is 32.8 Å². The van der Waals surface area contributed by atoms with Gasteiger partial charge in [0.2, 0.25) is 12.7 Å². The first-order valence-corrected chi connectivity index (χ1v) is 12.2. The van der Waals surface area contributed by atoms with Crippen LogP contribution in [0.2, 0.25) is 0 Å². The smallest absolute Gasteiger partial charge is 0.274 e. The van der Waals surface area contributed by atoms with E-state index in [1.165, 1.54) is 24.2 Å². The Morgan fingerprint density at radius 1 is 1.09 bits per heavy atom. The molecule has 0 radical (unpaired) electrons. The van der Waals surface area contributed by atoms with Crippen molar-refractivity contribution in [1.29, 1.82) is 0 Å². The Balaban J connectivity index is 1.12. The molecule has 5 rings (SSSR count). The first kappa shape index (κ1) is 23.5. The third-order valence-corrected chi connectivity index (χ3v) is 6.68. The van der Waals surface area contributed by atoms with Crippen molar-refractivity contribution in [2.24, 2.45) is 0 Å². The fraction of sp³-hybridized carbons (Fsp3) is 0.520. The summed E-state index contributed by atoms with van der Waals surface area (Å²) in [4.78, 5) is 40.1. The second-order valence-electron chi connectivity index (χ2n) is 9.07. The fourth-order valence-electron chi connectivity index (χ4n) is 4.72. The number of benzene rings is 1. The Hall–Kier alpha value is -3.24. The van der Waals surface area contributed by atoms with Gasteiger partial charge in [-0.25, -0.2) is 4.98 Å². The zero-order valence-corrected chi connectivity index (χ0v) is 19.8. The van der Waals surface area contributed by atoms with E-state index in [1.54, 1.807) is 4.90 Å². The number of amides is 2. The van der Waals surface area contributed by atoms with Gasteiger partial charge in [-0.3, -0.25) is 19.5 Å². The molecule has 3 aliphatic heterocycles. The summed E-state index contributed by atoms with van der Waals surface area (Å²) in [5.74, 6) is 1.43. The van der Waals surface area contributed by atoms with Crippen LogP contribution in [0.1, 0.15) is 35.3 Å². The monoisotopic (exact) mass is 481 g/mol. The highest BCUT2D eigenvalue weighted by Crippen LogP contribution is 2.32. The lowest BCUT2D eigenvalue weighted by Crippen LogP contribution is -2.49. The van der Waals surface area contributed by atoms with E-state index in [2.05, 4.69) is 20.9 Å². The first-order chi connectivity index (χ1) is 17.2. The van der Waals surface area contributed by atoms with Gasteiger partial charge in [-0.1, -0.05) is 6.07 Å². The molecule has 35 heavy (non-hydrogen) atoms. The number of piperazine rings is 1. The minimum atomic E-state index is -0.213. The molecule has 0 spiro atoms. The molecule has 0 aliphatic carbocycles. The van der Waals surface area contributed by atoms with Gasteiger partial charge in [-0.05, 0) is 30.5 Å². The maximum absolute atomic E-state index is 13.0. The average molecular weight is 482 g/mol. The maximum Gasteiger partial charge on any atom is 0.274 e. The Labute approximate surface area is 204 Å². The first-order valence-electron chi connectivity index (χ1n) is 12.2. The van der Waals surface area contributed by atoms with Crippen LogP contribution in [0, 0.1) is 0 Å². The molecule has 186 valence electrons. The molecule has 2 fully saturated rings. The highest BCUT2D eigenvalue weighted by molar-refractivity contribution is 5.92. The molecule has 2 aromatic rings. The van der Waals surface area contributed by atoms with Crippen LogP contribution in [0.3, 0.4) is 0 Å². The van der Waals surface area contributed by atoms with Gasteiger partial charge in [-0.2, -0.15) is 0 Å². The number of aromatic nitrogens is 2. The lowest BCUT2D eigenvalue weighted by molar-refractivity contribution is -0.133. The number of hydrogen-bond acceptors (Lipinski definition) is 8. The predicted molar refractivity (Wildman–Crippen MR) is 126 cm³/mol. The van der Waals surface area contributed by atoms with Crippen LogP contribution in [0.25, 0.3) is 0 Å². The average Bonchev–Trinajstić information content (AvgIpc) is 3.59. The van der Waals surface area contributed by atoms with Crippen LogP contribution in [0.5, 0.6) is 11.5 Å². The molecule has 4 heterocycles. The van der Waals surface area contributed by atoms with E-state index in [4.69, 9.17) is 14.2 Å². The molecule has 1 unspecified atom stereocenters. The standard InChI is InChI=1S/C25H31N5O5/c31-24(5-8-30(17-20-2-1-13-33-20)25(32)21-15-26-6-7-27-21)29-11-9-28(10-12-29)16-19-3-4-22-23(14-19)35-18-34-22/h3-4,6-7,14-15,20H,1-2,5,8-13,16-18H2. The molecule has 10 nitrogen and oxygen atoms in total. The highest BCUT2D eigenvalue weighted by Gasteiger charge is 2.27. The SMILES string of the molecule is O=C(CCN(CC1CCCO1)C(=O)c1cnccn1)N1CCN(Cc2ccc3c(c2)OCO3)CC1. The topological polar surface area (TPSA) is 97.3 Å². The van der Waals surface area contributed by atoms with E-state index in [0.717, 1.165) is 44.0 Å². The Bertz CT molecular complexity index is 1020. The largest absolute Gasteiger partial charge is 0.454 e. The van der Waals surface area contributed by atoms with Crippen molar-refractivity contribution >= 4 is 11.8 Å². The number of carbonyl (C=O) groups excluding carboxylic acids is 2. The van der Waals surface area contributed by atoms with Crippen molar-refractivity contribution in [3.05, 3.63) is 48.0 Å². The molecule has 10 heteroatoms. The summed E-state index contributed by atoms with van der Waals surface area (Å²) in [6, 6.07) is 6.03. The lowest BCUT2D eigenvalue weighted by atomic mass is 10.1. The molecule has 1 aromatic carbocycles. The van der Waals surface area contributed by atoms with E-state index < -0.39 is 0 Å². The summed E-state index contributed by atoms with van der Waals surface area (Å²) in [7, 11) is 0. The van der Waals surface area contributed by atoms with E-state index in [9.17, 15) is 9.59 Å². The van der Waals surface area contributed by atoms with Crippen LogP contribution < -0.4 is 9.47 Å². The number of carbonyl (C=O) groups is 2. The number of nitrogens with zero attached hydrogens (tertiary/aromatic N) is 5. The van der Waals surface area contributed by atoms with Gasteiger partial charge in [0.25, 0.3) is 5.91 Å². The van der Waals surface area contributed by atoms with E-state index in [-0.39, 0.29) is 36.8 Å². The molecule has 2 saturated heterocycles. The molecule has 0 bridgehead atoms. The predicted octanol–water partition coefficient (Wildman–Crippen LogP) is 1.56. The van der Waals surface area contributed by atoms with Crippen LogP contribution in [0.4, 0.5) is 0 Å². The summed E-state index contributed by atoms with van der Waals surface area (Å²) >= 11 is 0. The third-order valence-electron chi connectivity index (χ3n) is 6.68. The summed E-state index contributed by atoms with van der Waals surface area (Å²) in [5.41, 5.74) is 1.46. The molecule has 0 saturated carbocycles. The Morgan fingerprint density at radius 2 is 1.94 bits per heavy atom. The molecule has 2 amide bonds. The van der Waals surface area contributed by atoms with Crippen LogP contribution in [-0.2, 0) is 16.1 Å². The third kappa shape index (κ3) is 5.88. The van der Waals surface area contributed by atoms with Gasteiger partial charge in [0.1, 0.15) is 5.69 Å². The molecular weight excluding hydrogens is 450 g/mol. The molecule has 0 N–H and O–H groups in total. The van der Waals surface area contributed by atoms with Crippen molar-refractivity contribution in [3.8, 4) is 11.5 Å². The van der Waals surface area contributed by atoms with Crippen LogP contribution >= 0.6 is 0 Å². The van der Waals surface area contributed by atoms with Gasteiger partial charge < -0.3 is 24.0 Å². The summed E-state index contributed by atoms with van der Waals surface area (Å²) < 4.78 is 16.6. The molecule has 1 atom stereocenters. The van der Waals surface area contributed by atoms with Crippen molar-refractivity contribution in [2.75, 3.05) is 52.7 Å². The van der Waals surface area contributed by atoms with Crippen molar-refractivity contribution in [2.45, 2.75) is 31.9 Å². The van der Waals surface area contributed by atoms with Crippen LogP contribution in [0.15, 0.2) is 36.8 Å². The van der Waals surface area contributed by atoms with Crippen LogP contribution in [-0.4, -0.2) is 95.3 Å². The molecule has 3 aliphatic rings. The van der Waals surface area contributed by atoms with Crippen molar-refractivity contribution in [1.82, 2.24) is 24.7 Å². The van der Waals surface area contributed by atoms with Gasteiger partial charge in [0.05, 0.1) is 12.3 Å². The zero-order valence-electron chi connectivity index (χ0n) is 19.8. The second kappa shape index (κ2) is 11.0. The summed E-state index contributed by atoms with van der Waals surface area (Å²) in [6.07, 6.45) is 6.71. The van der Waals surface area contributed by atoms with E-state index in [1.807, 2.05) is 17.0 Å². The number of ether oxygens (including phenoxy) is 3.